The van der Waals surface area contributed by atoms with Gasteiger partial charge in [-0.15, -0.1) is 11.3 Å². The number of amides is 1. The SMILES string of the molecule is Cc1ccsc1CNC(=O)CN1C(C(=O)O)CC2CCCCC21. The second-order valence-corrected chi connectivity index (χ2v) is 7.68. The maximum Gasteiger partial charge on any atom is 0.320 e. The molecule has 0 aromatic carbocycles. The number of nitrogens with one attached hydrogen (secondary N) is 1. The van der Waals surface area contributed by atoms with Crippen LogP contribution in [-0.4, -0.2) is 40.5 Å². The van der Waals surface area contributed by atoms with Gasteiger partial charge < -0.3 is 10.4 Å². The minimum atomic E-state index is -0.790. The van der Waals surface area contributed by atoms with E-state index in [1.165, 1.54) is 12.0 Å². The number of hydrogen-bond acceptors (Lipinski definition) is 4. The summed E-state index contributed by atoms with van der Waals surface area (Å²) in [5.74, 6) is -0.422. The molecule has 2 fully saturated rings. The molecule has 2 heterocycles. The van der Waals surface area contributed by atoms with Gasteiger partial charge in [0.1, 0.15) is 6.04 Å². The van der Waals surface area contributed by atoms with Crippen molar-refractivity contribution in [3.63, 3.8) is 0 Å². The molecule has 23 heavy (non-hydrogen) atoms. The molecule has 1 aromatic heterocycles. The molecule has 1 aliphatic heterocycles. The van der Waals surface area contributed by atoms with Crippen LogP contribution in [0.4, 0.5) is 0 Å². The molecule has 0 radical (unpaired) electrons. The minimum absolute atomic E-state index is 0.0738. The summed E-state index contributed by atoms with van der Waals surface area (Å²) < 4.78 is 0. The molecule has 6 heteroatoms. The fraction of sp³-hybridized carbons (Fsp3) is 0.647. The van der Waals surface area contributed by atoms with Gasteiger partial charge in [-0.05, 0) is 49.1 Å². The van der Waals surface area contributed by atoms with Crippen molar-refractivity contribution in [3.05, 3.63) is 21.9 Å². The Labute approximate surface area is 140 Å². The zero-order valence-corrected chi connectivity index (χ0v) is 14.3. The first kappa shape index (κ1) is 16.5. The van der Waals surface area contributed by atoms with Crippen LogP contribution in [-0.2, 0) is 16.1 Å². The lowest BCUT2D eigenvalue weighted by molar-refractivity contribution is -0.143. The van der Waals surface area contributed by atoms with Crippen molar-refractivity contribution < 1.29 is 14.7 Å². The van der Waals surface area contributed by atoms with Gasteiger partial charge in [-0.3, -0.25) is 14.5 Å². The second kappa shape index (κ2) is 7.01. The van der Waals surface area contributed by atoms with E-state index >= 15 is 0 Å². The lowest BCUT2D eigenvalue weighted by Crippen LogP contribution is -2.47. The number of carbonyl (C=O) groups excluding carboxylic acids is 1. The van der Waals surface area contributed by atoms with Gasteiger partial charge in [-0.2, -0.15) is 0 Å². The van der Waals surface area contributed by atoms with E-state index in [0.29, 0.717) is 18.9 Å². The van der Waals surface area contributed by atoms with E-state index in [0.717, 1.165) is 24.1 Å². The van der Waals surface area contributed by atoms with Crippen molar-refractivity contribution in [1.82, 2.24) is 10.2 Å². The van der Waals surface area contributed by atoms with Crippen LogP contribution >= 0.6 is 11.3 Å². The minimum Gasteiger partial charge on any atom is -0.480 e. The largest absolute Gasteiger partial charge is 0.480 e. The number of thiophene rings is 1. The van der Waals surface area contributed by atoms with Crippen LogP contribution in [0.2, 0.25) is 0 Å². The Hall–Kier alpha value is -1.40. The highest BCUT2D eigenvalue weighted by atomic mass is 32.1. The van der Waals surface area contributed by atoms with Crippen molar-refractivity contribution in [1.29, 1.82) is 0 Å². The fourth-order valence-electron chi connectivity index (χ4n) is 4.01. The number of rotatable bonds is 5. The maximum atomic E-state index is 12.3. The summed E-state index contributed by atoms with van der Waals surface area (Å²) in [7, 11) is 0. The molecule has 0 bridgehead atoms. The van der Waals surface area contributed by atoms with Gasteiger partial charge in [0, 0.05) is 10.9 Å². The number of aliphatic carboxylic acids is 1. The second-order valence-electron chi connectivity index (χ2n) is 6.68. The van der Waals surface area contributed by atoms with Crippen molar-refractivity contribution in [2.45, 2.75) is 57.7 Å². The third-order valence-electron chi connectivity index (χ3n) is 5.25. The summed E-state index contributed by atoms with van der Waals surface area (Å²) in [6.07, 6.45) is 5.13. The number of aryl methyl sites for hydroxylation is 1. The molecular formula is C17H24N2O3S. The highest BCUT2D eigenvalue weighted by Gasteiger charge is 2.45. The first-order valence-corrected chi connectivity index (χ1v) is 9.22. The number of likely N-dealkylation sites (tertiary alicyclic amines) is 1. The molecule has 3 rings (SSSR count). The molecule has 1 saturated heterocycles. The smallest absolute Gasteiger partial charge is 0.320 e. The molecule has 3 atom stereocenters. The number of hydrogen-bond donors (Lipinski definition) is 2. The summed E-state index contributed by atoms with van der Waals surface area (Å²) in [4.78, 5) is 27.0. The zero-order chi connectivity index (χ0) is 16.4. The van der Waals surface area contributed by atoms with E-state index in [1.807, 2.05) is 23.3 Å². The first-order valence-electron chi connectivity index (χ1n) is 8.34. The average Bonchev–Trinajstić information content (AvgIpc) is 3.09. The Morgan fingerprint density at radius 2 is 2.17 bits per heavy atom. The van der Waals surface area contributed by atoms with E-state index in [4.69, 9.17) is 0 Å². The summed E-state index contributed by atoms with van der Waals surface area (Å²) in [6.45, 7) is 2.76. The number of carboxylic acids is 1. The van der Waals surface area contributed by atoms with Gasteiger partial charge >= 0.3 is 5.97 Å². The number of carbonyl (C=O) groups is 2. The predicted molar refractivity (Wildman–Crippen MR) is 89.4 cm³/mol. The molecule has 5 nitrogen and oxygen atoms in total. The Morgan fingerprint density at radius 1 is 1.39 bits per heavy atom. The van der Waals surface area contributed by atoms with Crippen molar-refractivity contribution >= 4 is 23.2 Å². The highest BCUT2D eigenvalue weighted by Crippen LogP contribution is 2.39. The van der Waals surface area contributed by atoms with Gasteiger partial charge in [0.15, 0.2) is 0 Å². The van der Waals surface area contributed by atoms with Crippen molar-refractivity contribution in [2.24, 2.45) is 5.92 Å². The molecule has 1 aromatic rings. The molecule has 1 amide bonds. The Bertz CT molecular complexity index is 586. The summed E-state index contributed by atoms with van der Waals surface area (Å²) in [6, 6.07) is 1.80. The Kier molecular flexibility index (Phi) is 5.02. The third-order valence-corrected chi connectivity index (χ3v) is 6.27. The lowest BCUT2D eigenvalue weighted by Gasteiger charge is -2.32. The molecule has 0 spiro atoms. The van der Waals surface area contributed by atoms with Gasteiger partial charge in [-0.25, -0.2) is 0 Å². The summed E-state index contributed by atoms with van der Waals surface area (Å²) >= 11 is 1.64. The van der Waals surface area contributed by atoms with Crippen molar-refractivity contribution in [3.8, 4) is 0 Å². The maximum absolute atomic E-state index is 12.3. The van der Waals surface area contributed by atoms with Crippen LogP contribution in [0.1, 0.15) is 42.5 Å². The fourth-order valence-corrected chi connectivity index (χ4v) is 4.85. The Morgan fingerprint density at radius 3 is 2.87 bits per heavy atom. The Balaban J connectivity index is 1.61. The van der Waals surface area contributed by atoms with Gasteiger partial charge in [0.25, 0.3) is 0 Å². The van der Waals surface area contributed by atoms with E-state index in [-0.39, 0.29) is 18.5 Å². The number of nitrogens with zero attached hydrogens (tertiary/aromatic N) is 1. The van der Waals surface area contributed by atoms with Gasteiger partial charge in [-0.1, -0.05) is 12.8 Å². The summed E-state index contributed by atoms with van der Waals surface area (Å²) in [5.41, 5.74) is 1.19. The van der Waals surface area contributed by atoms with Crippen LogP contribution in [0.15, 0.2) is 11.4 Å². The lowest BCUT2D eigenvalue weighted by atomic mass is 9.85. The normalized spacial score (nSPS) is 27.6. The van der Waals surface area contributed by atoms with Crippen LogP contribution in [0.5, 0.6) is 0 Å². The molecule has 2 aliphatic rings. The quantitative estimate of drug-likeness (QED) is 0.866. The monoisotopic (exact) mass is 336 g/mol. The molecule has 2 N–H and O–H groups in total. The van der Waals surface area contributed by atoms with Crippen LogP contribution in [0.3, 0.4) is 0 Å². The van der Waals surface area contributed by atoms with Crippen molar-refractivity contribution in [2.75, 3.05) is 6.54 Å². The van der Waals surface area contributed by atoms with E-state index in [9.17, 15) is 14.7 Å². The zero-order valence-electron chi connectivity index (χ0n) is 13.5. The molecular weight excluding hydrogens is 312 g/mol. The van der Waals surface area contributed by atoms with Gasteiger partial charge in [0.05, 0.1) is 13.1 Å². The first-order chi connectivity index (χ1) is 11.1. The molecule has 126 valence electrons. The molecule has 1 saturated carbocycles. The van der Waals surface area contributed by atoms with Crippen LogP contribution in [0, 0.1) is 12.8 Å². The van der Waals surface area contributed by atoms with E-state index in [1.54, 1.807) is 11.3 Å². The third kappa shape index (κ3) is 3.58. The van der Waals surface area contributed by atoms with Crippen LogP contribution in [0.25, 0.3) is 0 Å². The standard InChI is InChI=1S/C17H24N2O3S/c1-11-6-7-23-15(11)9-18-16(20)10-19-13-5-3-2-4-12(13)8-14(19)17(21)22/h6-7,12-14H,2-5,8-10H2,1H3,(H,18,20)(H,21,22). The number of carboxylic acid groups (broad SMARTS) is 1. The van der Waals surface area contributed by atoms with Gasteiger partial charge in [0.2, 0.25) is 5.91 Å². The average molecular weight is 336 g/mol. The van der Waals surface area contributed by atoms with E-state index < -0.39 is 12.0 Å². The van der Waals surface area contributed by atoms with Crippen LogP contribution < -0.4 is 5.32 Å². The predicted octanol–water partition coefficient (Wildman–Crippen LogP) is 2.39. The number of fused-ring (bicyclic) bond motifs is 1. The summed E-state index contributed by atoms with van der Waals surface area (Å²) in [5, 5.41) is 14.5. The highest BCUT2D eigenvalue weighted by molar-refractivity contribution is 7.10. The van der Waals surface area contributed by atoms with E-state index in [2.05, 4.69) is 5.32 Å². The molecule has 1 aliphatic carbocycles. The molecule has 3 unspecified atom stereocenters. The topological polar surface area (TPSA) is 69.6 Å².